The zero-order chi connectivity index (χ0) is 17.4. The summed E-state index contributed by atoms with van der Waals surface area (Å²) in [5.41, 5.74) is 0.612. The van der Waals surface area contributed by atoms with Gasteiger partial charge in [-0.3, -0.25) is 19.3 Å². The smallest absolute Gasteiger partial charge is 0.280 e. The molecule has 1 aromatic carbocycles. The van der Waals surface area contributed by atoms with Crippen molar-refractivity contribution in [3.63, 3.8) is 0 Å². The molecule has 23 heavy (non-hydrogen) atoms. The fraction of sp³-hybridized carbons (Fsp3) is 0.467. The van der Waals surface area contributed by atoms with Crippen molar-refractivity contribution in [2.24, 2.45) is 0 Å². The molecule has 1 aromatic rings. The summed E-state index contributed by atoms with van der Waals surface area (Å²) in [6.07, 6.45) is 0. The van der Waals surface area contributed by atoms with Crippen molar-refractivity contribution in [1.82, 2.24) is 10.1 Å². The third-order valence-corrected chi connectivity index (χ3v) is 3.12. The highest BCUT2D eigenvalue weighted by Crippen LogP contribution is 2.23. The number of rotatable bonds is 8. The summed E-state index contributed by atoms with van der Waals surface area (Å²) in [6, 6.07) is 4.53. The molecule has 128 valence electrons. The largest absolute Gasteiger partial charge is 0.490 e. The van der Waals surface area contributed by atoms with E-state index in [-0.39, 0.29) is 29.7 Å². The van der Waals surface area contributed by atoms with Crippen molar-refractivity contribution in [3.8, 4) is 5.75 Å². The van der Waals surface area contributed by atoms with Gasteiger partial charge in [-0.25, -0.2) is 10.1 Å². The van der Waals surface area contributed by atoms with E-state index in [2.05, 4.69) is 0 Å². The Labute approximate surface area is 135 Å². The van der Waals surface area contributed by atoms with Crippen LogP contribution in [-0.4, -0.2) is 70.6 Å². The van der Waals surface area contributed by atoms with Crippen LogP contribution in [0.15, 0.2) is 18.2 Å². The molecule has 0 aliphatic rings. The number of benzene rings is 1. The van der Waals surface area contributed by atoms with Crippen molar-refractivity contribution < 1.29 is 28.7 Å². The third kappa shape index (κ3) is 4.92. The summed E-state index contributed by atoms with van der Waals surface area (Å²) >= 11 is 0. The predicted molar refractivity (Wildman–Crippen MR) is 82.0 cm³/mol. The molecule has 1 rings (SSSR count). The molecule has 8 nitrogen and oxygen atoms in total. The Balaban J connectivity index is 3.14. The molecule has 0 unspecified atom stereocenters. The van der Waals surface area contributed by atoms with Gasteiger partial charge in [0.25, 0.3) is 11.8 Å². The van der Waals surface area contributed by atoms with Crippen LogP contribution in [0.2, 0.25) is 0 Å². The van der Waals surface area contributed by atoms with Crippen molar-refractivity contribution in [1.29, 1.82) is 0 Å². The van der Waals surface area contributed by atoms with Crippen LogP contribution < -0.4 is 4.74 Å². The minimum absolute atomic E-state index is 0.241. The van der Waals surface area contributed by atoms with Crippen molar-refractivity contribution in [2.75, 3.05) is 48.6 Å². The summed E-state index contributed by atoms with van der Waals surface area (Å²) in [5.74, 6) is -0.478. The highest BCUT2D eigenvalue weighted by Gasteiger charge is 2.20. The second-order valence-corrected chi connectivity index (χ2v) is 4.52. The predicted octanol–water partition coefficient (Wildman–Crippen LogP) is 0.979. The van der Waals surface area contributed by atoms with Crippen LogP contribution in [0.4, 0.5) is 0 Å². The summed E-state index contributed by atoms with van der Waals surface area (Å²) in [4.78, 5) is 34.2. The van der Waals surface area contributed by atoms with E-state index >= 15 is 0 Å². The molecule has 0 fully saturated rings. The molecule has 0 aliphatic carbocycles. The molecule has 0 saturated heterocycles. The van der Waals surface area contributed by atoms with Gasteiger partial charge in [0, 0.05) is 26.8 Å². The van der Waals surface area contributed by atoms with E-state index in [4.69, 9.17) is 19.1 Å². The minimum atomic E-state index is -0.390. The number of amides is 2. The topological polar surface area (TPSA) is 77.5 Å². The lowest BCUT2D eigenvalue weighted by atomic mass is 10.1. The van der Waals surface area contributed by atoms with Gasteiger partial charge in [0.2, 0.25) is 0 Å². The first-order valence-corrected chi connectivity index (χ1v) is 6.86. The maximum Gasteiger partial charge on any atom is 0.280 e. The molecule has 0 heterocycles. The molecular weight excluding hydrogens is 304 g/mol. The highest BCUT2D eigenvalue weighted by atomic mass is 16.7. The first-order chi connectivity index (χ1) is 11.0. The Morgan fingerprint density at radius 2 is 1.57 bits per heavy atom. The van der Waals surface area contributed by atoms with E-state index in [0.29, 0.717) is 12.2 Å². The van der Waals surface area contributed by atoms with Gasteiger partial charge in [-0.1, -0.05) is 0 Å². The van der Waals surface area contributed by atoms with Gasteiger partial charge < -0.3 is 9.47 Å². The first-order valence-electron chi connectivity index (χ1n) is 6.86. The quantitative estimate of drug-likeness (QED) is 0.523. The van der Waals surface area contributed by atoms with Gasteiger partial charge in [0.15, 0.2) is 0 Å². The number of carbonyl (C=O) groups is 2. The molecule has 0 spiro atoms. The zero-order valence-corrected chi connectivity index (χ0v) is 14.0. The van der Waals surface area contributed by atoms with Crippen LogP contribution in [0.5, 0.6) is 5.75 Å². The minimum Gasteiger partial charge on any atom is -0.490 e. The lowest BCUT2D eigenvalue weighted by Crippen LogP contribution is -2.27. The van der Waals surface area contributed by atoms with Crippen LogP contribution in [0.3, 0.4) is 0 Å². The number of nitrogens with zero attached hydrogens (tertiary/aromatic N) is 2. The Hall–Kier alpha value is -2.16. The van der Waals surface area contributed by atoms with Gasteiger partial charge in [0.1, 0.15) is 12.4 Å². The van der Waals surface area contributed by atoms with Crippen molar-refractivity contribution >= 4 is 11.8 Å². The SMILES string of the molecule is COCCOc1cc(C(=O)N(C)OC)ccc1C(=O)N(C)OC. The van der Waals surface area contributed by atoms with Gasteiger partial charge in [-0.05, 0) is 18.2 Å². The van der Waals surface area contributed by atoms with Crippen LogP contribution >= 0.6 is 0 Å². The second kappa shape index (κ2) is 9.09. The fourth-order valence-electron chi connectivity index (χ4n) is 1.70. The van der Waals surface area contributed by atoms with Gasteiger partial charge in [-0.2, -0.15) is 0 Å². The molecule has 0 aromatic heterocycles. The fourth-order valence-corrected chi connectivity index (χ4v) is 1.70. The van der Waals surface area contributed by atoms with E-state index in [1.807, 2.05) is 0 Å². The standard InChI is InChI=1S/C15H22N2O6/c1-16(21-4)14(18)11-6-7-12(15(19)17(2)22-5)13(10-11)23-9-8-20-3/h6-7,10H,8-9H2,1-5H3. The maximum atomic E-state index is 12.3. The van der Waals surface area contributed by atoms with E-state index in [0.717, 1.165) is 10.1 Å². The number of methoxy groups -OCH3 is 1. The number of hydrogen-bond acceptors (Lipinski definition) is 6. The zero-order valence-electron chi connectivity index (χ0n) is 14.0. The third-order valence-electron chi connectivity index (χ3n) is 3.12. The maximum absolute atomic E-state index is 12.3. The molecule has 0 radical (unpaired) electrons. The Kier molecular flexibility index (Phi) is 7.46. The lowest BCUT2D eigenvalue weighted by molar-refractivity contribution is -0.0761. The van der Waals surface area contributed by atoms with E-state index in [1.165, 1.54) is 46.5 Å². The number of hydrogen-bond donors (Lipinski definition) is 0. The first kappa shape index (κ1) is 18.9. The molecule has 0 N–H and O–H groups in total. The molecule has 2 amide bonds. The molecule has 0 aliphatic heterocycles. The van der Waals surface area contributed by atoms with Crippen LogP contribution in [-0.2, 0) is 14.4 Å². The molecular formula is C15H22N2O6. The highest BCUT2D eigenvalue weighted by molar-refractivity contribution is 5.99. The Bertz CT molecular complexity index is 549. The number of ether oxygens (including phenoxy) is 2. The summed E-state index contributed by atoms with van der Waals surface area (Å²) in [5, 5.41) is 2.15. The monoisotopic (exact) mass is 326 g/mol. The van der Waals surface area contributed by atoms with Crippen molar-refractivity contribution in [2.45, 2.75) is 0 Å². The Morgan fingerprint density at radius 3 is 2.13 bits per heavy atom. The molecule has 0 saturated carbocycles. The van der Waals surface area contributed by atoms with Crippen molar-refractivity contribution in [3.05, 3.63) is 29.3 Å². The van der Waals surface area contributed by atoms with E-state index in [1.54, 1.807) is 7.11 Å². The van der Waals surface area contributed by atoms with E-state index in [9.17, 15) is 9.59 Å². The summed E-state index contributed by atoms with van der Waals surface area (Å²) in [6.45, 7) is 0.592. The molecule has 8 heteroatoms. The van der Waals surface area contributed by atoms with Crippen LogP contribution in [0.1, 0.15) is 20.7 Å². The van der Waals surface area contributed by atoms with E-state index < -0.39 is 0 Å². The Morgan fingerprint density at radius 1 is 0.957 bits per heavy atom. The summed E-state index contributed by atoms with van der Waals surface area (Å²) < 4.78 is 10.5. The number of carbonyl (C=O) groups excluding carboxylic acids is 2. The van der Waals surface area contributed by atoms with Crippen LogP contribution in [0.25, 0.3) is 0 Å². The normalized spacial score (nSPS) is 10.3. The lowest BCUT2D eigenvalue weighted by Gasteiger charge is -2.18. The average molecular weight is 326 g/mol. The van der Waals surface area contributed by atoms with Gasteiger partial charge >= 0.3 is 0 Å². The number of hydroxylamine groups is 4. The average Bonchev–Trinajstić information content (AvgIpc) is 2.59. The van der Waals surface area contributed by atoms with Gasteiger partial charge in [-0.15, -0.1) is 0 Å². The molecule has 0 atom stereocenters. The molecule has 0 bridgehead atoms. The second-order valence-electron chi connectivity index (χ2n) is 4.52. The summed E-state index contributed by atoms with van der Waals surface area (Å²) in [7, 11) is 7.29. The van der Waals surface area contributed by atoms with Crippen LogP contribution in [0, 0.1) is 0 Å². The van der Waals surface area contributed by atoms with Gasteiger partial charge in [0.05, 0.1) is 26.4 Å².